The first-order valence-corrected chi connectivity index (χ1v) is 25.0. The summed E-state index contributed by atoms with van der Waals surface area (Å²) in [4.78, 5) is 0. The third-order valence-corrected chi connectivity index (χ3v) is 12.9. The minimum absolute atomic E-state index is 0.0724. The standard InChI is InChI=1S/C58H98O4/c1-51(2,3)37-55(13,14)45-31-41(32-46(56(15,16)38-52(4,5)6)49(45)59-29-23-21-25-43-35-61-43)27-28-42-33-47(57(17,18)39-53(7,8)9)50(60-30-24-22-26-44-36-62-44)48(34-42)58(19,20)40-54(10,11)12/h31-34,43-44H,21-30,35-40H2,1-20H3. The minimum atomic E-state index is -0.0724. The van der Waals surface area contributed by atoms with Crippen LogP contribution >= 0.6 is 0 Å². The Hall–Kier alpha value is -2.04. The zero-order chi connectivity index (χ0) is 46.7. The Kier molecular flexibility index (Phi) is 16.8. The molecule has 2 saturated heterocycles. The van der Waals surface area contributed by atoms with Crippen LogP contribution in [0.25, 0.3) is 0 Å². The lowest BCUT2D eigenvalue weighted by Gasteiger charge is -2.39. The van der Waals surface area contributed by atoms with Crippen LogP contribution in [0.1, 0.15) is 236 Å². The van der Waals surface area contributed by atoms with Crippen LogP contribution in [-0.2, 0) is 44.0 Å². The maximum atomic E-state index is 7.09. The first-order valence-electron chi connectivity index (χ1n) is 25.0. The fourth-order valence-corrected chi connectivity index (χ4v) is 11.7. The molecule has 2 unspecified atom stereocenters. The van der Waals surface area contributed by atoms with Crippen LogP contribution in [0.2, 0.25) is 0 Å². The van der Waals surface area contributed by atoms with Gasteiger partial charge in [-0.2, -0.15) is 0 Å². The highest BCUT2D eigenvalue weighted by Crippen LogP contribution is 2.50. The fourth-order valence-electron chi connectivity index (χ4n) is 11.7. The molecule has 4 nitrogen and oxygen atoms in total. The SMILES string of the molecule is CC(C)(C)CC(C)(C)c1cc(CCc2cc(C(C)(C)CC(C)(C)C)c(OCCCCC3CO3)c(C(C)(C)CC(C)(C)C)c2)cc(C(C)(C)CC(C)(C)C)c1OCCCCC1CO1. The van der Waals surface area contributed by atoms with Gasteiger partial charge in [0.1, 0.15) is 11.5 Å². The molecule has 2 fully saturated rings. The minimum Gasteiger partial charge on any atom is -0.493 e. The van der Waals surface area contributed by atoms with E-state index in [0.717, 1.165) is 115 Å². The molecule has 62 heavy (non-hydrogen) atoms. The van der Waals surface area contributed by atoms with Crippen LogP contribution in [0.15, 0.2) is 24.3 Å². The summed E-state index contributed by atoms with van der Waals surface area (Å²) in [5.74, 6) is 2.28. The van der Waals surface area contributed by atoms with Gasteiger partial charge in [0.25, 0.3) is 0 Å². The molecule has 2 aromatic rings. The lowest BCUT2D eigenvalue weighted by Crippen LogP contribution is -2.30. The van der Waals surface area contributed by atoms with Crippen LogP contribution < -0.4 is 9.47 Å². The molecule has 0 aliphatic carbocycles. The molecule has 4 rings (SSSR count). The van der Waals surface area contributed by atoms with Crippen molar-refractivity contribution in [2.24, 2.45) is 21.7 Å². The molecule has 0 spiro atoms. The summed E-state index contributed by atoms with van der Waals surface area (Å²) in [5, 5.41) is 0. The van der Waals surface area contributed by atoms with Crippen molar-refractivity contribution in [3.63, 3.8) is 0 Å². The molecule has 4 heteroatoms. The Labute approximate surface area is 384 Å². The zero-order valence-electron chi connectivity index (χ0n) is 44.4. The number of rotatable bonds is 23. The van der Waals surface area contributed by atoms with Gasteiger partial charge in [0, 0.05) is 22.3 Å². The van der Waals surface area contributed by atoms with Gasteiger partial charge in [0.2, 0.25) is 0 Å². The first kappa shape index (κ1) is 52.6. The van der Waals surface area contributed by atoms with Crippen LogP contribution in [0.5, 0.6) is 11.5 Å². The highest BCUT2D eigenvalue weighted by Gasteiger charge is 2.39. The molecule has 2 aliphatic rings. The number of epoxide rings is 2. The highest BCUT2D eigenvalue weighted by molar-refractivity contribution is 5.54. The molecule has 2 heterocycles. The van der Waals surface area contributed by atoms with Gasteiger partial charge < -0.3 is 18.9 Å². The largest absolute Gasteiger partial charge is 0.493 e. The number of ether oxygens (including phenoxy) is 4. The molecule has 0 bridgehead atoms. The average molecular weight is 859 g/mol. The average Bonchev–Trinajstić information content (AvgIpc) is 3.99. The number of benzene rings is 2. The van der Waals surface area contributed by atoms with E-state index in [1.54, 1.807) is 0 Å². The molecule has 0 saturated carbocycles. The molecular formula is C58H98O4. The second-order valence-electron chi connectivity index (χ2n) is 27.6. The number of aryl methyl sites for hydroxylation is 2. The van der Waals surface area contributed by atoms with Crippen LogP contribution in [0.3, 0.4) is 0 Å². The predicted molar refractivity (Wildman–Crippen MR) is 267 cm³/mol. The van der Waals surface area contributed by atoms with Crippen LogP contribution in [0.4, 0.5) is 0 Å². The van der Waals surface area contributed by atoms with Crippen molar-refractivity contribution in [2.45, 2.75) is 249 Å². The third kappa shape index (κ3) is 17.1. The van der Waals surface area contributed by atoms with Crippen LogP contribution in [0, 0.1) is 21.7 Å². The summed E-state index contributed by atoms with van der Waals surface area (Å²) < 4.78 is 25.2. The summed E-state index contributed by atoms with van der Waals surface area (Å²) in [6.45, 7) is 51.7. The molecule has 2 atom stereocenters. The smallest absolute Gasteiger partial charge is 0.126 e. The zero-order valence-corrected chi connectivity index (χ0v) is 44.4. The van der Waals surface area contributed by atoms with Crippen molar-refractivity contribution < 1.29 is 18.9 Å². The predicted octanol–water partition coefficient (Wildman–Crippen LogP) is 16.2. The second kappa shape index (κ2) is 19.8. The Bertz CT molecular complexity index is 1510. The molecule has 0 aromatic heterocycles. The van der Waals surface area contributed by atoms with Crippen molar-refractivity contribution in [3.8, 4) is 11.5 Å². The van der Waals surface area contributed by atoms with E-state index >= 15 is 0 Å². The fraction of sp³-hybridized carbons (Fsp3) is 0.793. The molecule has 2 aromatic carbocycles. The quantitative estimate of drug-likeness (QED) is 0.0825. The lowest BCUT2D eigenvalue weighted by molar-refractivity contribution is 0.245. The first-order chi connectivity index (χ1) is 28.2. The second-order valence-corrected chi connectivity index (χ2v) is 27.6. The van der Waals surface area contributed by atoms with Crippen molar-refractivity contribution >= 4 is 0 Å². The number of hydrogen-bond acceptors (Lipinski definition) is 4. The van der Waals surface area contributed by atoms with Crippen molar-refractivity contribution in [2.75, 3.05) is 26.4 Å². The van der Waals surface area contributed by atoms with Gasteiger partial charge in [-0.15, -0.1) is 0 Å². The molecule has 2 aliphatic heterocycles. The normalized spacial score (nSPS) is 18.0. The van der Waals surface area contributed by atoms with E-state index in [-0.39, 0.29) is 43.3 Å². The Morgan fingerprint density at radius 1 is 0.403 bits per heavy atom. The Morgan fingerprint density at radius 3 is 0.855 bits per heavy atom. The van der Waals surface area contributed by atoms with Gasteiger partial charge in [-0.3, -0.25) is 0 Å². The Balaban J connectivity index is 1.86. The maximum Gasteiger partial charge on any atom is 0.126 e. The van der Waals surface area contributed by atoms with Crippen molar-refractivity contribution in [3.05, 3.63) is 57.6 Å². The van der Waals surface area contributed by atoms with E-state index in [1.165, 1.54) is 33.4 Å². The molecule has 354 valence electrons. The van der Waals surface area contributed by atoms with E-state index in [0.29, 0.717) is 12.2 Å². The van der Waals surface area contributed by atoms with Gasteiger partial charge in [-0.05, 0) is 131 Å². The summed E-state index contributed by atoms with van der Waals surface area (Å²) in [5.41, 5.74) is 8.75. The monoisotopic (exact) mass is 859 g/mol. The van der Waals surface area contributed by atoms with Gasteiger partial charge in [0.15, 0.2) is 0 Å². The van der Waals surface area contributed by atoms with Crippen molar-refractivity contribution in [1.29, 1.82) is 0 Å². The molecule has 0 radical (unpaired) electrons. The van der Waals surface area contributed by atoms with Gasteiger partial charge >= 0.3 is 0 Å². The van der Waals surface area contributed by atoms with E-state index < -0.39 is 0 Å². The summed E-state index contributed by atoms with van der Waals surface area (Å²) in [6, 6.07) is 10.2. The Morgan fingerprint density at radius 2 is 0.645 bits per heavy atom. The number of unbranched alkanes of at least 4 members (excludes halogenated alkanes) is 2. The topological polar surface area (TPSA) is 43.5 Å². The summed E-state index contributed by atoms with van der Waals surface area (Å²) >= 11 is 0. The summed E-state index contributed by atoms with van der Waals surface area (Å²) in [7, 11) is 0. The molecule has 0 N–H and O–H groups in total. The van der Waals surface area contributed by atoms with Gasteiger partial charge in [-0.25, -0.2) is 0 Å². The van der Waals surface area contributed by atoms with E-state index in [2.05, 4.69) is 163 Å². The van der Waals surface area contributed by atoms with E-state index in [4.69, 9.17) is 18.9 Å². The highest BCUT2D eigenvalue weighted by atomic mass is 16.6. The van der Waals surface area contributed by atoms with Gasteiger partial charge in [-0.1, -0.05) is 163 Å². The lowest BCUT2D eigenvalue weighted by atomic mass is 9.67. The van der Waals surface area contributed by atoms with Crippen LogP contribution in [-0.4, -0.2) is 38.6 Å². The van der Waals surface area contributed by atoms with E-state index in [9.17, 15) is 0 Å². The summed E-state index contributed by atoms with van der Waals surface area (Å²) in [6.07, 6.45) is 13.9. The third-order valence-electron chi connectivity index (χ3n) is 12.9. The van der Waals surface area contributed by atoms with Gasteiger partial charge in [0.05, 0.1) is 38.6 Å². The maximum absolute atomic E-state index is 7.09. The molecular weight excluding hydrogens is 761 g/mol. The number of hydrogen-bond donors (Lipinski definition) is 0. The van der Waals surface area contributed by atoms with E-state index in [1.807, 2.05) is 0 Å². The van der Waals surface area contributed by atoms with Crippen molar-refractivity contribution in [1.82, 2.24) is 0 Å². The molecule has 0 amide bonds.